The van der Waals surface area contributed by atoms with Gasteiger partial charge in [0, 0.05) is 24.8 Å². The van der Waals surface area contributed by atoms with E-state index in [-0.39, 0.29) is 36.4 Å². The van der Waals surface area contributed by atoms with E-state index in [1.54, 1.807) is 6.92 Å². The number of esters is 1. The number of benzene rings is 1. The van der Waals surface area contributed by atoms with Gasteiger partial charge in [-0.25, -0.2) is 0 Å². The van der Waals surface area contributed by atoms with Crippen molar-refractivity contribution in [1.29, 1.82) is 0 Å². The van der Waals surface area contributed by atoms with Gasteiger partial charge < -0.3 is 25.4 Å². The number of nitrogens with one attached hydrogen (secondary N) is 3. The largest absolute Gasteiger partial charge is 0.461 e. The van der Waals surface area contributed by atoms with Gasteiger partial charge in [0.05, 0.1) is 12.0 Å². The van der Waals surface area contributed by atoms with Crippen molar-refractivity contribution in [1.82, 2.24) is 10.6 Å². The Morgan fingerprint density at radius 2 is 1.64 bits per heavy atom. The second-order valence-corrected chi connectivity index (χ2v) is 9.83. The van der Waals surface area contributed by atoms with E-state index < -0.39 is 11.6 Å². The van der Waals surface area contributed by atoms with Crippen LogP contribution in [-0.2, 0) is 30.5 Å². The summed E-state index contributed by atoms with van der Waals surface area (Å²) in [6.07, 6.45) is 0.958. The lowest BCUT2D eigenvalue weighted by Crippen LogP contribution is -2.44. The summed E-state index contributed by atoms with van der Waals surface area (Å²) in [5.74, 6) is -0.903. The Balaban J connectivity index is 2.64. The number of aryl methyl sites for hydroxylation is 2. The van der Waals surface area contributed by atoms with Gasteiger partial charge in [0.1, 0.15) is 12.6 Å². The average molecular weight is 464 g/mol. The molecule has 2 amide bonds. The van der Waals surface area contributed by atoms with Crippen LogP contribution in [0, 0.1) is 13.8 Å². The quantitative estimate of drug-likeness (QED) is 0.411. The van der Waals surface area contributed by atoms with Crippen molar-refractivity contribution in [2.24, 2.45) is 0 Å². The van der Waals surface area contributed by atoms with E-state index in [4.69, 9.17) is 9.47 Å². The molecule has 0 aliphatic heterocycles. The summed E-state index contributed by atoms with van der Waals surface area (Å²) in [7, 11) is 1.91. The van der Waals surface area contributed by atoms with Gasteiger partial charge in [-0.3, -0.25) is 14.4 Å². The van der Waals surface area contributed by atoms with Crippen LogP contribution in [0.4, 0.5) is 5.69 Å². The maximum Gasteiger partial charge on any atom is 0.302 e. The van der Waals surface area contributed by atoms with E-state index in [0.717, 1.165) is 23.1 Å². The molecule has 0 fully saturated rings. The fourth-order valence-electron chi connectivity index (χ4n) is 3.25. The minimum Gasteiger partial charge on any atom is -0.461 e. The Morgan fingerprint density at radius 3 is 2.15 bits per heavy atom. The number of hydrogen-bond donors (Lipinski definition) is 3. The van der Waals surface area contributed by atoms with Crippen molar-refractivity contribution in [2.75, 3.05) is 19.0 Å². The third kappa shape index (κ3) is 10.4. The Hall–Kier alpha value is -2.45. The molecule has 186 valence electrons. The van der Waals surface area contributed by atoms with Gasteiger partial charge in [-0.15, -0.1) is 0 Å². The van der Waals surface area contributed by atoms with Crippen LogP contribution >= 0.6 is 0 Å². The van der Waals surface area contributed by atoms with Crippen LogP contribution in [0.25, 0.3) is 0 Å². The van der Waals surface area contributed by atoms with Crippen molar-refractivity contribution in [3.8, 4) is 0 Å². The summed E-state index contributed by atoms with van der Waals surface area (Å²) in [5, 5.41) is 8.88. The van der Waals surface area contributed by atoms with Crippen LogP contribution in [0.5, 0.6) is 0 Å². The fourth-order valence-corrected chi connectivity index (χ4v) is 3.25. The fraction of sp³-hybridized carbons (Fsp3) is 0.640. The molecule has 1 rings (SSSR count). The van der Waals surface area contributed by atoms with Crippen LogP contribution in [0.2, 0.25) is 0 Å². The van der Waals surface area contributed by atoms with Crippen molar-refractivity contribution < 1.29 is 23.9 Å². The minimum absolute atomic E-state index is 0.0418. The molecule has 3 N–H and O–H groups in total. The van der Waals surface area contributed by atoms with Gasteiger partial charge >= 0.3 is 5.97 Å². The molecule has 0 saturated heterocycles. The van der Waals surface area contributed by atoms with E-state index in [9.17, 15) is 14.4 Å². The van der Waals surface area contributed by atoms with Crippen LogP contribution < -0.4 is 16.0 Å². The Labute approximate surface area is 198 Å². The lowest BCUT2D eigenvalue weighted by Gasteiger charge is -2.29. The third-order valence-electron chi connectivity index (χ3n) is 5.54. The van der Waals surface area contributed by atoms with E-state index in [0.29, 0.717) is 12.3 Å². The lowest BCUT2D eigenvalue weighted by atomic mass is 10.0. The topological polar surface area (TPSA) is 106 Å². The summed E-state index contributed by atoms with van der Waals surface area (Å²) in [4.78, 5) is 36.3. The summed E-state index contributed by atoms with van der Waals surface area (Å²) in [5.41, 5.74) is 2.55. The van der Waals surface area contributed by atoms with Crippen molar-refractivity contribution >= 4 is 23.5 Å². The highest BCUT2D eigenvalue weighted by molar-refractivity contribution is 5.98. The lowest BCUT2D eigenvalue weighted by molar-refractivity contribution is -0.142. The van der Waals surface area contributed by atoms with Gasteiger partial charge in [-0.05, 0) is 78.6 Å². The molecule has 0 aromatic heterocycles. The first-order chi connectivity index (χ1) is 15.2. The molecule has 0 bridgehead atoms. The molecule has 8 heteroatoms. The number of hydrogen-bond acceptors (Lipinski definition) is 6. The zero-order valence-corrected chi connectivity index (χ0v) is 21.6. The Morgan fingerprint density at radius 1 is 1.06 bits per heavy atom. The molecule has 0 radical (unpaired) electrons. The van der Waals surface area contributed by atoms with Crippen LogP contribution in [0.3, 0.4) is 0 Å². The molecular formula is C25H41N3O5. The Bertz CT molecular complexity index is 825. The standard InChI is InChI=1S/C25H41N3O5/c1-16-12-20(15-32-19(4)29)13-17(2)22(16)28-23(31)18(3)27-21(30)14-25(7,8)33-11-10-24(5,6)26-9/h12-13,18,26H,10-11,14-15H2,1-9H3,(H,27,30)(H,28,31). The smallest absolute Gasteiger partial charge is 0.302 e. The number of anilines is 1. The molecule has 0 saturated carbocycles. The monoisotopic (exact) mass is 463 g/mol. The molecule has 0 spiro atoms. The summed E-state index contributed by atoms with van der Waals surface area (Å²) < 4.78 is 11.0. The predicted octanol–water partition coefficient (Wildman–Crippen LogP) is 3.38. The number of ether oxygens (including phenoxy) is 2. The number of amides is 2. The van der Waals surface area contributed by atoms with E-state index in [2.05, 4.69) is 29.8 Å². The van der Waals surface area contributed by atoms with E-state index >= 15 is 0 Å². The van der Waals surface area contributed by atoms with Crippen molar-refractivity contribution in [3.63, 3.8) is 0 Å². The second-order valence-electron chi connectivity index (χ2n) is 9.83. The van der Waals surface area contributed by atoms with Crippen molar-refractivity contribution in [2.45, 2.75) is 92.0 Å². The number of rotatable bonds is 12. The van der Waals surface area contributed by atoms with Gasteiger partial charge in [0.2, 0.25) is 11.8 Å². The van der Waals surface area contributed by atoms with Gasteiger partial charge in [-0.1, -0.05) is 12.1 Å². The summed E-state index contributed by atoms with van der Waals surface area (Å²) >= 11 is 0. The molecule has 1 unspecified atom stereocenters. The van der Waals surface area contributed by atoms with Crippen LogP contribution in [0.15, 0.2) is 12.1 Å². The highest BCUT2D eigenvalue weighted by Gasteiger charge is 2.26. The molecule has 1 aromatic rings. The second kappa shape index (κ2) is 12.1. The zero-order valence-electron chi connectivity index (χ0n) is 21.6. The first kappa shape index (κ1) is 28.6. The Kier molecular flexibility index (Phi) is 10.5. The molecule has 33 heavy (non-hydrogen) atoms. The number of carbonyl (C=O) groups excluding carboxylic acids is 3. The first-order valence-corrected chi connectivity index (χ1v) is 11.3. The summed E-state index contributed by atoms with van der Waals surface area (Å²) in [6.45, 7) is 15.4. The third-order valence-corrected chi connectivity index (χ3v) is 5.54. The normalized spacial score (nSPS) is 12.8. The minimum atomic E-state index is -0.712. The highest BCUT2D eigenvalue weighted by Crippen LogP contribution is 2.23. The molecule has 0 heterocycles. The van der Waals surface area contributed by atoms with E-state index in [1.165, 1.54) is 6.92 Å². The molecule has 1 aromatic carbocycles. The summed E-state index contributed by atoms with van der Waals surface area (Å²) in [6, 6.07) is 3.02. The van der Waals surface area contributed by atoms with Gasteiger partial charge in [-0.2, -0.15) is 0 Å². The van der Waals surface area contributed by atoms with Crippen LogP contribution in [0.1, 0.15) is 71.1 Å². The zero-order chi connectivity index (χ0) is 25.4. The SMILES string of the molecule is CNC(C)(C)CCOC(C)(C)CC(=O)NC(C)C(=O)Nc1c(C)cc(COC(C)=O)cc1C. The molecule has 8 nitrogen and oxygen atoms in total. The van der Waals surface area contributed by atoms with Crippen LogP contribution in [-0.4, -0.2) is 48.6 Å². The average Bonchev–Trinajstić information content (AvgIpc) is 2.67. The maximum atomic E-state index is 12.7. The van der Waals surface area contributed by atoms with Crippen molar-refractivity contribution in [3.05, 3.63) is 28.8 Å². The predicted molar refractivity (Wildman–Crippen MR) is 130 cm³/mol. The molecule has 1 atom stereocenters. The molecular weight excluding hydrogens is 422 g/mol. The first-order valence-electron chi connectivity index (χ1n) is 11.3. The molecule has 0 aliphatic rings. The highest BCUT2D eigenvalue weighted by atomic mass is 16.5. The molecule has 0 aliphatic carbocycles. The van der Waals surface area contributed by atoms with Gasteiger partial charge in [0.15, 0.2) is 0 Å². The maximum absolute atomic E-state index is 12.7. The van der Waals surface area contributed by atoms with E-state index in [1.807, 2.05) is 46.9 Å². The van der Waals surface area contributed by atoms with Gasteiger partial charge in [0.25, 0.3) is 0 Å². The number of carbonyl (C=O) groups is 3.